The Morgan fingerprint density at radius 2 is 2.09 bits per heavy atom. The Balaban J connectivity index is 2.08. The topological polar surface area (TPSA) is 46.3 Å². The molecule has 1 heterocycles. The molecule has 1 amide bonds. The summed E-state index contributed by atoms with van der Waals surface area (Å²) in [4.78, 5) is 14.2. The molecule has 22 heavy (non-hydrogen) atoms. The molecule has 2 atom stereocenters. The Morgan fingerprint density at radius 3 is 2.82 bits per heavy atom. The van der Waals surface area contributed by atoms with Gasteiger partial charge in [-0.25, -0.2) is 4.39 Å². The maximum absolute atomic E-state index is 13.5. The molecule has 0 bridgehead atoms. The summed E-state index contributed by atoms with van der Waals surface area (Å²) in [5.41, 5.74) is 8.40. The van der Waals surface area contributed by atoms with Crippen LogP contribution in [0.15, 0.2) is 42.5 Å². The van der Waals surface area contributed by atoms with E-state index in [1.807, 2.05) is 13.0 Å². The lowest BCUT2D eigenvalue weighted by Gasteiger charge is -2.37. The zero-order chi connectivity index (χ0) is 15.9. The normalized spacial score (nSPS) is 19.0. The van der Waals surface area contributed by atoms with Gasteiger partial charge in [-0.15, -0.1) is 0 Å². The summed E-state index contributed by atoms with van der Waals surface area (Å²) < 4.78 is 13.5. The van der Waals surface area contributed by atoms with E-state index in [-0.39, 0.29) is 17.8 Å². The molecule has 1 aliphatic heterocycles. The first-order valence-corrected chi connectivity index (χ1v) is 7.47. The first-order valence-electron chi connectivity index (χ1n) is 7.10. The fourth-order valence-electron chi connectivity index (χ4n) is 2.87. The molecule has 1 aliphatic rings. The van der Waals surface area contributed by atoms with Gasteiger partial charge < -0.3 is 10.6 Å². The van der Waals surface area contributed by atoms with E-state index in [9.17, 15) is 9.18 Å². The van der Waals surface area contributed by atoms with Crippen molar-refractivity contribution < 1.29 is 9.18 Å². The van der Waals surface area contributed by atoms with Crippen LogP contribution in [0.4, 0.5) is 10.1 Å². The van der Waals surface area contributed by atoms with Crippen molar-refractivity contribution in [3.05, 3.63) is 64.4 Å². The average Bonchev–Trinajstić information content (AvgIpc) is 2.49. The van der Waals surface area contributed by atoms with Gasteiger partial charge in [-0.3, -0.25) is 4.79 Å². The SMILES string of the molecule is C[C@@H](c1cccc(F)c1)N1C(=O)[C@H](N)Cc2ccc(Cl)cc21. The molecule has 0 saturated heterocycles. The predicted octanol–water partition coefficient (Wildman–Crippen LogP) is 3.46. The van der Waals surface area contributed by atoms with Crippen LogP contribution in [0.25, 0.3) is 0 Å². The monoisotopic (exact) mass is 318 g/mol. The lowest BCUT2D eigenvalue weighted by atomic mass is 9.94. The van der Waals surface area contributed by atoms with E-state index in [0.717, 1.165) is 11.3 Å². The number of hydrogen-bond acceptors (Lipinski definition) is 2. The highest BCUT2D eigenvalue weighted by Crippen LogP contribution is 2.36. The molecule has 0 fully saturated rings. The molecular formula is C17H16ClFN2O. The first kappa shape index (κ1) is 15.0. The third-order valence-electron chi connectivity index (χ3n) is 4.02. The number of anilines is 1. The zero-order valence-electron chi connectivity index (χ0n) is 12.1. The highest BCUT2D eigenvalue weighted by molar-refractivity contribution is 6.31. The molecule has 0 spiro atoms. The van der Waals surface area contributed by atoms with E-state index >= 15 is 0 Å². The van der Waals surface area contributed by atoms with Gasteiger partial charge in [0.15, 0.2) is 0 Å². The average molecular weight is 319 g/mol. The third kappa shape index (κ3) is 2.60. The van der Waals surface area contributed by atoms with Gasteiger partial charge in [-0.2, -0.15) is 0 Å². The molecule has 0 aromatic heterocycles. The lowest BCUT2D eigenvalue weighted by Crippen LogP contribution is -2.49. The number of fused-ring (bicyclic) bond motifs is 1. The van der Waals surface area contributed by atoms with Gasteiger partial charge in [0, 0.05) is 10.7 Å². The maximum Gasteiger partial charge on any atom is 0.244 e. The first-order chi connectivity index (χ1) is 10.5. The van der Waals surface area contributed by atoms with Crippen molar-refractivity contribution in [3.8, 4) is 0 Å². The standard InChI is InChI=1S/C17H16ClFN2O/c1-10(11-3-2-4-14(19)7-11)21-16-9-13(18)6-5-12(16)8-15(20)17(21)22/h2-7,9-10,15H,8,20H2,1H3/t10-,15+/m0/s1. The van der Waals surface area contributed by atoms with Gasteiger partial charge in [0.2, 0.25) is 5.91 Å². The molecule has 2 aromatic rings. The minimum Gasteiger partial charge on any atom is -0.320 e. The summed E-state index contributed by atoms with van der Waals surface area (Å²) in [5.74, 6) is -0.504. The number of rotatable bonds is 2. The summed E-state index contributed by atoms with van der Waals surface area (Å²) in [7, 11) is 0. The minimum absolute atomic E-state index is 0.175. The van der Waals surface area contributed by atoms with E-state index in [1.54, 1.807) is 29.2 Å². The lowest BCUT2D eigenvalue weighted by molar-refractivity contribution is -0.120. The van der Waals surface area contributed by atoms with Gasteiger partial charge in [0.25, 0.3) is 0 Å². The summed E-state index contributed by atoms with van der Waals surface area (Å²) in [6, 6.07) is 10.8. The van der Waals surface area contributed by atoms with Gasteiger partial charge in [0.05, 0.1) is 12.1 Å². The summed E-state index contributed by atoms with van der Waals surface area (Å²) in [5, 5.41) is 0.554. The highest BCUT2D eigenvalue weighted by atomic mass is 35.5. The van der Waals surface area contributed by atoms with Crippen LogP contribution in [0, 0.1) is 5.82 Å². The van der Waals surface area contributed by atoms with E-state index in [4.69, 9.17) is 17.3 Å². The smallest absolute Gasteiger partial charge is 0.244 e. The predicted molar refractivity (Wildman–Crippen MR) is 85.4 cm³/mol. The number of halogens is 2. The van der Waals surface area contributed by atoms with E-state index in [2.05, 4.69) is 0 Å². The molecule has 2 aromatic carbocycles. The summed E-state index contributed by atoms with van der Waals surface area (Å²) >= 11 is 6.07. The van der Waals surface area contributed by atoms with Crippen LogP contribution in [0.1, 0.15) is 24.1 Å². The van der Waals surface area contributed by atoms with Crippen LogP contribution >= 0.6 is 11.6 Å². The van der Waals surface area contributed by atoms with Crippen molar-refractivity contribution in [2.45, 2.75) is 25.4 Å². The number of carbonyl (C=O) groups excluding carboxylic acids is 1. The molecule has 5 heteroatoms. The van der Waals surface area contributed by atoms with Crippen LogP contribution in [0.5, 0.6) is 0 Å². The van der Waals surface area contributed by atoms with Gasteiger partial charge in [-0.05, 0) is 48.7 Å². The van der Waals surface area contributed by atoms with Gasteiger partial charge in [0.1, 0.15) is 5.82 Å². The minimum atomic E-state index is -0.593. The molecule has 114 valence electrons. The number of hydrogen-bond donors (Lipinski definition) is 1. The van der Waals surface area contributed by atoms with Crippen molar-refractivity contribution >= 4 is 23.2 Å². The van der Waals surface area contributed by atoms with Crippen molar-refractivity contribution in [1.82, 2.24) is 0 Å². The van der Waals surface area contributed by atoms with Gasteiger partial charge in [-0.1, -0.05) is 29.8 Å². The number of amides is 1. The largest absolute Gasteiger partial charge is 0.320 e. The van der Waals surface area contributed by atoms with Crippen LogP contribution in [0.3, 0.4) is 0 Å². The molecule has 0 aliphatic carbocycles. The molecule has 3 nitrogen and oxygen atoms in total. The zero-order valence-corrected chi connectivity index (χ0v) is 12.8. The molecule has 2 N–H and O–H groups in total. The van der Waals surface area contributed by atoms with E-state index in [1.165, 1.54) is 12.1 Å². The van der Waals surface area contributed by atoms with Crippen LogP contribution in [-0.2, 0) is 11.2 Å². The second-order valence-corrected chi connectivity index (χ2v) is 5.96. The second kappa shape index (κ2) is 5.71. The highest BCUT2D eigenvalue weighted by Gasteiger charge is 2.34. The second-order valence-electron chi connectivity index (χ2n) is 5.52. The third-order valence-corrected chi connectivity index (χ3v) is 4.25. The Labute approximate surface area is 133 Å². The van der Waals surface area contributed by atoms with Crippen LogP contribution < -0.4 is 10.6 Å². The quantitative estimate of drug-likeness (QED) is 0.921. The Kier molecular flexibility index (Phi) is 3.89. The van der Waals surface area contributed by atoms with Crippen LogP contribution in [0.2, 0.25) is 5.02 Å². The fraction of sp³-hybridized carbons (Fsp3) is 0.235. The van der Waals surface area contributed by atoms with Crippen molar-refractivity contribution in [3.63, 3.8) is 0 Å². The molecule has 0 radical (unpaired) electrons. The Bertz CT molecular complexity index is 734. The van der Waals surface area contributed by atoms with Crippen molar-refractivity contribution in [2.75, 3.05) is 4.90 Å². The van der Waals surface area contributed by atoms with Crippen LogP contribution in [-0.4, -0.2) is 11.9 Å². The number of benzene rings is 2. The summed E-state index contributed by atoms with van der Waals surface area (Å²) in [6.07, 6.45) is 0.484. The van der Waals surface area contributed by atoms with Gasteiger partial charge >= 0.3 is 0 Å². The Morgan fingerprint density at radius 1 is 1.32 bits per heavy atom. The number of nitrogens with zero attached hydrogens (tertiary/aromatic N) is 1. The summed E-state index contributed by atoms with van der Waals surface area (Å²) in [6.45, 7) is 1.86. The Hall–Kier alpha value is -1.91. The van der Waals surface area contributed by atoms with E-state index in [0.29, 0.717) is 17.0 Å². The molecule has 0 unspecified atom stereocenters. The fourth-order valence-corrected chi connectivity index (χ4v) is 3.04. The molecular weight excluding hydrogens is 303 g/mol. The van der Waals surface area contributed by atoms with Crippen molar-refractivity contribution in [2.24, 2.45) is 5.73 Å². The maximum atomic E-state index is 13.5. The molecule has 3 rings (SSSR count). The van der Waals surface area contributed by atoms with E-state index < -0.39 is 6.04 Å². The van der Waals surface area contributed by atoms with Crippen molar-refractivity contribution in [1.29, 1.82) is 0 Å². The molecule has 0 saturated carbocycles. The number of carbonyl (C=O) groups is 1. The number of nitrogens with two attached hydrogens (primary N) is 1.